The number of carboxylic acid groups (broad SMARTS) is 1. The molecule has 0 amide bonds. The molecule has 20 heavy (non-hydrogen) atoms. The van der Waals surface area contributed by atoms with Crippen LogP contribution in [-0.2, 0) is 0 Å². The van der Waals surface area contributed by atoms with Gasteiger partial charge in [-0.25, -0.2) is 9.78 Å². The van der Waals surface area contributed by atoms with Crippen molar-refractivity contribution in [3.63, 3.8) is 0 Å². The summed E-state index contributed by atoms with van der Waals surface area (Å²) in [6, 6.07) is 11.2. The van der Waals surface area contributed by atoms with Gasteiger partial charge in [-0.15, -0.1) is 0 Å². The number of hydrogen-bond acceptors (Lipinski definition) is 3. The smallest absolute Gasteiger partial charge is 0.356 e. The van der Waals surface area contributed by atoms with E-state index in [1.54, 1.807) is 6.07 Å². The highest BCUT2D eigenvalue weighted by molar-refractivity contribution is 6.33. The largest absolute Gasteiger partial charge is 0.476 e. The van der Waals surface area contributed by atoms with Crippen molar-refractivity contribution in [3.8, 4) is 0 Å². The molecule has 104 valence electrons. The first-order valence-electron chi connectivity index (χ1n) is 6.21. The van der Waals surface area contributed by atoms with Gasteiger partial charge in [-0.3, -0.25) is 0 Å². The number of anilines is 1. The van der Waals surface area contributed by atoms with Gasteiger partial charge in [-0.2, -0.15) is 0 Å². The summed E-state index contributed by atoms with van der Waals surface area (Å²) in [6.07, 6.45) is 0. The Morgan fingerprint density at radius 3 is 2.65 bits per heavy atom. The van der Waals surface area contributed by atoms with Crippen molar-refractivity contribution in [2.75, 3.05) is 5.32 Å². The fourth-order valence-electron chi connectivity index (χ4n) is 2.04. The number of hydrogen-bond donors (Lipinski definition) is 2. The lowest BCUT2D eigenvalue weighted by atomic mass is 10.0. The van der Waals surface area contributed by atoms with E-state index in [9.17, 15) is 4.79 Å². The van der Waals surface area contributed by atoms with Gasteiger partial charge < -0.3 is 10.4 Å². The zero-order valence-electron chi connectivity index (χ0n) is 11.2. The molecular weight excluding hydrogens is 276 g/mol. The second-order valence-electron chi connectivity index (χ2n) is 4.55. The molecule has 1 atom stereocenters. The standard InChI is InChI=1S/C15H15ClN2O2/c1-9-5-3-4-6-11(9)10(2)17-13-8-7-12(16)14(18-13)15(19)20/h3-8,10H,1-2H3,(H,17,18)(H,19,20). The van der Waals surface area contributed by atoms with Gasteiger partial charge in [0.15, 0.2) is 5.69 Å². The maximum Gasteiger partial charge on any atom is 0.356 e. The number of pyridine rings is 1. The third-order valence-electron chi connectivity index (χ3n) is 3.07. The minimum atomic E-state index is -1.14. The number of benzene rings is 1. The van der Waals surface area contributed by atoms with Crippen LogP contribution < -0.4 is 5.32 Å². The maximum absolute atomic E-state index is 11.0. The van der Waals surface area contributed by atoms with Crippen LogP contribution in [0.4, 0.5) is 5.82 Å². The van der Waals surface area contributed by atoms with Gasteiger partial charge in [0.25, 0.3) is 0 Å². The molecule has 2 N–H and O–H groups in total. The van der Waals surface area contributed by atoms with Crippen molar-refractivity contribution in [1.29, 1.82) is 0 Å². The summed E-state index contributed by atoms with van der Waals surface area (Å²) in [4.78, 5) is 15.0. The normalized spacial score (nSPS) is 11.9. The lowest BCUT2D eigenvalue weighted by molar-refractivity contribution is 0.0691. The van der Waals surface area contributed by atoms with Gasteiger partial charge >= 0.3 is 5.97 Å². The molecule has 0 aliphatic rings. The number of rotatable bonds is 4. The molecule has 1 aromatic heterocycles. The summed E-state index contributed by atoms with van der Waals surface area (Å²) in [7, 11) is 0. The Morgan fingerprint density at radius 2 is 2.00 bits per heavy atom. The van der Waals surface area contributed by atoms with Crippen LogP contribution in [0.25, 0.3) is 0 Å². The second-order valence-corrected chi connectivity index (χ2v) is 4.96. The third kappa shape index (κ3) is 3.08. The van der Waals surface area contributed by atoms with Crippen molar-refractivity contribution in [2.45, 2.75) is 19.9 Å². The molecule has 0 bridgehead atoms. The molecule has 0 saturated heterocycles. The molecule has 0 aliphatic heterocycles. The van der Waals surface area contributed by atoms with Crippen molar-refractivity contribution >= 4 is 23.4 Å². The highest BCUT2D eigenvalue weighted by Gasteiger charge is 2.13. The van der Waals surface area contributed by atoms with E-state index in [2.05, 4.69) is 10.3 Å². The monoisotopic (exact) mass is 290 g/mol. The van der Waals surface area contributed by atoms with Gasteiger partial charge in [-0.1, -0.05) is 35.9 Å². The molecule has 1 aromatic carbocycles. The Bertz CT molecular complexity index is 644. The van der Waals surface area contributed by atoms with E-state index in [1.807, 2.05) is 38.1 Å². The van der Waals surface area contributed by atoms with Gasteiger partial charge in [0.05, 0.1) is 11.1 Å². The lowest BCUT2D eigenvalue weighted by Gasteiger charge is -2.17. The topological polar surface area (TPSA) is 62.2 Å². The fourth-order valence-corrected chi connectivity index (χ4v) is 2.23. The van der Waals surface area contributed by atoms with Gasteiger partial charge in [0.2, 0.25) is 0 Å². The Morgan fingerprint density at radius 1 is 1.30 bits per heavy atom. The number of aromatic carboxylic acids is 1. The Labute approximate surface area is 122 Å². The number of carboxylic acids is 1. The number of nitrogens with zero attached hydrogens (tertiary/aromatic N) is 1. The summed E-state index contributed by atoms with van der Waals surface area (Å²) >= 11 is 5.80. The molecule has 4 nitrogen and oxygen atoms in total. The molecule has 1 heterocycles. The average Bonchev–Trinajstić information content (AvgIpc) is 2.41. The highest BCUT2D eigenvalue weighted by Crippen LogP contribution is 2.23. The molecule has 0 radical (unpaired) electrons. The van der Waals surface area contributed by atoms with Gasteiger partial charge in [0, 0.05) is 0 Å². The number of aromatic nitrogens is 1. The van der Waals surface area contributed by atoms with Crippen molar-refractivity contribution in [3.05, 3.63) is 58.2 Å². The van der Waals surface area contributed by atoms with E-state index >= 15 is 0 Å². The van der Waals surface area contributed by atoms with Crippen LogP contribution >= 0.6 is 11.6 Å². The molecule has 5 heteroatoms. The molecule has 0 aliphatic carbocycles. The summed E-state index contributed by atoms with van der Waals surface area (Å²) in [5.41, 5.74) is 2.16. The third-order valence-corrected chi connectivity index (χ3v) is 3.37. The van der Waals surface area contributed by atoms with E-state index in [1.165, 1.54) is 11.6 Å². The zero-order chi connectivity index (χ0) is 14.7. The summed E-state index contributed by atoms with van der Waals surface area (Å²) in [6.45, 7) is 4.03. The van der Waals surface area contributed by atoms with E-state index in [0.717, 1.165) is 5.56 Å². The molecule has 2 aromatic rings. The van der Waals surface area contributed by atoms with Crippen molar-refractivity contribution < 1.29 is 9.90 Å². The number of nitrogens with one attached hydrogen (secondary N) is 1. The average molecular weight is 291 g/mol. The van der Waals surface area contributed by atoms with Crippen LogP contribution in [0.15, 0.2) is 36.4 Å². The van der Waals surface area contributed by atoms with Crippen LogP contribution in [-0.4, -0.2) is 16.1 Å². The minimum absolute atomic E-state index is 0.0199. The second kappa shape index (κ2) is 5.92. The number of aryl methyl sites for hydroxylation is 1. The van der Waals surface area contributed by atoms with Gasteiger partial charge in [-0.05, 0) is 37.1 Å². The number of carbonyl (C=O) groups is 1. The van der Waals surface area contributed by atoms with Crippen LogP contribution in [0.1, 0.15) is 34.6 Å². The van der Waals surface area contributed by atoms with Crippen molar-refractivity contribution in [2.24, 2.45) is 0 Å². The number of halogens is 1. The minimum Gasteiger partial charge on any atom is -0.476 e. The highest BCUT2D eigenvalue weighted by atomic mass is 35.5. The fraction of sp³-hybridized carbons (Fsp3) is 0.200. The van der Waals surface area contributed by atoms with E-state index in [0.29, 0.717) is 5.82 Å². The van der Waals surface area contributed by atoms with Crippen LogP contribution in [0.3, 0.4) is 0 Å². The molecule has 0 fully saturated rings. The molecule has 0 saturated carbocycles. The van der Waals surface area contributed by atoms with Crippen LogP contribution in [0.5, 0.6) is 0 Å². The SMILES string of the molecule is Cc1ccccc1C(C)Nc1ccc(Cl)c(C(=O)O)n1. The van der Waals surface area contributed by atoms with Gasteiger partial charge in [0.1, 0.15) is 5.82 Å². The van der Waals surface area contributed by atoms with Crippen LogP contribution in [0, 0.1) is 6.92 Å². The summed E-state index contributed by atoms with van der Waals surface area (Å²) in [5, 5.41) is 12.3. The predicted molar refractivity (Wildman–Crippen MR) is 79.4 cm³/mol. The first-order valence-corrected chi connectivity index (χ1v) is 6.58. The van der Waals surface area contributed by atoms with E-state index in [4.69, 9.17) is 16.7 Å². The summed E-state index contributed by atoms with van der Waals surface area (Å²) < 4.78 is 0. The first-order chi connectivity index (χ1) is 9.49. The quantitative estimate of drug-likeness (QED) is 0.896. The molecule has 0 spiro atoms. The Hall–Kier alpha value is -2.07. The van der Waals surface area contributed by atoms with E-state index < -0.39 is 5.97 Å². The molecule has 1 unspecified atom stereocenters. The Balaban J connectivity index is 2.24. The van der Waals surface area contributed by atoms with Crippen LogP contribution in [0.2, 0.25) is 5.02 Å². The first kappa shape index (κ1) is 14.3. The van der Waals surface area contributed by atoms with E-state index in [-0.39, 0.29) is 16.8 Å². The Kier molecular flexibility index (Phi) is 4.25. The molecule has 2 rings (SSSR count). The zero-order valence-corrected chi connectivity index (χ0v) is 12.0. The van der Waals surface area contributed by atoms with Crippen molar-refractivity contribution in [1.82, 2.24) is 4.98 Å². The summed E-state index contributed by atoms with van der Waals surface area (Å²) in [5.74, 6) is -0.648. The maximum atomic E-state index is 11.0. The molecular formula is C15H15ClN2O2. The predicted octanol–water partition coefficient (Wildman–Crippen LogP) is 3.91. The lowest BCUT2D eigenvalue weighted by Crippen LogP contribution is -2.11.